The lowest BCUT2D eigenvalue weighted by atomic mass is 10.3. The van der Waals surface area contributed by atoms with Crippen molar-refractivity contribution in [1.82, 2.24) is 0 Å². The highest BCUT2D eigenvalue weighted by atomic mass is 79.9. The first-order valence-electron chi connectivity index (χ1n) is 5.45. The maximum atomic E-state index is 11.8. The molecule has 5 nitrogen and oxygen atoms in total. The van der Waals surface area contributed by atoms with Gasteiger partial charge in [-0.3, -0.25) is 0 Å². The molecule has 4 N–H and O–H groups in total. The Morgan fingerprint density at radius 2 is 1.25 bits per heavy atom. The van der Waals surface area contributed by atoms with E-state index in [1.54, 1.807) is 36.4 Å². The molecule has 0 aliphatic heterocycles. The molecular weight excluding hydrogens is 411 g/mol. The van der Waals surface area contributed by atoms with Crippen LogP contribution in [0.3, 0.4) is 0 Å². The topological polar surface area (TPSA) is 87.6 Å². The van der Waals surface area contributed by atoms with Crippen molar-refractivity contribution in [2.24, 2.45) is 0 Å². The van der Waals surface area contributed by atoms with Crippen molar-refractivity contribution >= 4 is 51.5 Å². The highest BCUT2D eigenvalue weighted by Gasteiger charge is 2.07. The highest BCUT2D eigenvalue weighted by Crippen LogP contribution is 2.34. The number of benzene rings is 2. The Kier molecular flexibility index (Phi) is 4.96. The van der Waals surface area contributed by atoms with Crippen LogP contribution in [0.25, 0.3) is 0 Å². The first-order chi connectivity index (χ1) is 9.45. The molecule has 0 radical (unpaired) electrons. The van der Waals surface area contributed by atoms with Crippen LogP contribution in [-0.4, -0.2) is 0 Å². The quantitative estimate of drug-likeness (QED) is 0.569. The van der Waals surface area contributed by atoms with Crippen molar-refractivity contribution in [3.63, 3.8) is 0 Å². The third kappa shape index (κ3) is 3.91. The lowest BCUT2D eigenvalue weighted by Crippen LogP contribution is -1.92. The molecule has 0 spiro atoms. The average Bonchev–Trinajstić information content (AvgIpc) is 2.38. The maximum Gasteiger partial charge on any atom is 0.418 e. The molecule has 20 heavy (non-hydrogen) atoms. The monoisotopic (exact) mass is 420 g/mol. The van der Waals surface area contributed by atoms with E-state index in [1.807, 2.05) is 0 Å². The minimum absolute atomic E-state index is 0.375. The van der Waals surface area contributed by atoms with Gasteiger partial charge in [0, 0.05) is 32.5 Å². The molecule has 2 rings (SSSR count). The van der Waals surface area contributed by atoms with Crippen LogP contribution in [0.2, 0.25) is 0 Å². The van der Waals surface area contributed by atoms with Crippen LogP contribution in [0.4, 0.5) is 11.4 Å². The Labute approximate surface area is 133 Å². The third-order valence-corrected chi connectivity index (χ3v) is 4.59. The first-order valence-corrected chi connectivity index (χ1v) is 8.26. The molecule has 0 heterocycles. The predicted octanol–water partition coefficient (Wildman–Crippen LogP) is 4.22. The van der Waals surface area contributed by atoms with Crippen LogP contribution in [0.1, 0.15) is 0 Å². The fourth-order valence-corrected chi connectivity index (χ4v) is 2.56. The summed E-state index contributed by atoms with van der Waals surface area (Å²) in [5, 5.41) is 0. The van der Waals surface area contributed by atoms with Crippen LogP contribution < -0.4 is 20.5 Å². The lowest BCUT2D eigenvalue weighted by Gasteiger charge is -2.09. The molecular formula is C12H11Br2N2O3P. The molecule has 0 fully saturated rings. The van der Waals surface area contributed by atoms with Gasteiger partial charge >= 0.3 is 8.25 Å². The summed E-state index contributed by atoms with van der Waals surface area (Å²) in [6.45, 7) is 0. The first kappa shape index (κ1) is 15.2. The van der Waals surface area contributed by atoms with Crippen molar-refractivity contribution < 1.29 is 13.6 Å². The van der Waals surface area contributed by atoms with Crippen LogP contribution in [-0.2, 0) is 4.57 Å². The van der Waals surface area contributed by atoms with E-state index in [0.717, 1.165) is 8.95 Å². The summed E-state index contributed by atoms with van der Waals surface area (Å²) in [6.07, 6.45) is 0. The van der Waals surface area contributed by atoms with Crippen LogP contribution in [0.5, 0.6) is 11.5 Å². The van der Waals surface area contributed by atoms with E-state index < -0.39 is 8.25 Å². The van der Waals surface area contributed by atoms with Crippen molar-refractivity contribution in [1.29, 1.82) is 0 Å². The molecule has 0 atom stereocenters. The van der Waals surface area contributed by atoms with Gasteiger partial charge in [-0.2, -0.15) is 0 Å². The summed E-state index contributed by atoms with van der Waals surface area (Å²) in [7, 11) is -2.74. The van der Waals surface area contributed by atoms with Gasteiger partial charge in [0.1, 0.15) is 11.5 Å². The summed E-state index contributed by atoms with van der Waals surface area (Å²) < 4.78 is 23.7. The van der Waals surface area contributed by atoms with Gasteiger partial charge in [0.05, 0.1) is 0 Å². The predicted molar refractivity (Wildman–Crippen MR) is 87.4 cm³/mol. The van der Waals surface area contributed by atoms with Gasteiger partial charge in [-0.05, 0) is 56.1 Å². The van der Waals surface area contributed by atoms with Gasteiger partial charge in [0.15, 0.2) is 0 Å². The van der Waals surface area contributed by atoms with E-state index in [0.29, 0.717) is 22.9 Å². The zero-order chi connectivity index (χ0) is 14.7. The standard InChI is InChI=1S/C12H11Br2N2O3P/c13-9-3-1-7(5-11(9)15)18-20(17)19-8-2-4-10(14)12(16)6-8/h1-6,20H,15-16H2. The Morgan fingerprint density at radius 1 is 0.850 bits per heavy atom. The molecule has 0 aromatic heterocycles. The second kappa shape index (κ2) is 6.52. The number of rotatable bonds is 4. The minimum atomic E-state index is -2.74. The number of hydrogen-bond donors (Lipinski definition) is 2. The number of nitrogens with two attached hydrogens (primary N) is 2. The fraction of sp³-hybridized carbons (Fsp3) is 0. The normalized spacial score (nSPS) is 10.6. The molecule has 0 saturated heterocycles. The maximum absolute atomic E-state index is 11.8. The third-order valence-electron chi connectivity index (χ3n) is 2.34. The summed E-state index contributed by atoms with van der Waals surface area (Å²) in [6, 6.07) is 9.82. The van der Waals surface area contributed by atoms with E-state index in [-0.39, 0.29) is 0 Å². The SMILES string of the molecule is Nc1cc(O[PH](=O)Oc2ccc(Br)c(N)c2)ccc1Br. The van der Waals surface area contributed by atoms with Gasteiger partial charge in [0.25, 0.3) is 0 Å². The summed E-state index contributed by atoms with van der Waals surface area (Å²) >= 11 is 6.53. The van der Waals surface area contributed by atoms with E-state index in [1.165, 1.54) is 0 Å². The van der Waals surface area contributed by atoms with Crippen molar-refractivity contribution in [2.75, 3.05) is 11.5 Å². The van der Waals surface area contributed by atoms with Gasteiger partial charge in [-0.1, -0.05) is 0 Å². The van der Waals surface area contributed by atoms with E-state index in [4.69, 9.17) is 20.5 Å². The average molecular weight is 422 g/mol. The highest BCUT2D eigenvalue weighted by molar-refractivity contribution is 9.11. The van der Waals surface area contributed by atoms with Crippen LogP contribution in [0.15, 0.2) is 45.3 Å². The minimum Gasteiger partial charge on any atom is -0.418 e. The molecule has 0 saturated carbocycles. The van der Waals surface area contributed by atoms with Gasteiger partial charge < -0.3 is 20.5 Å². The molecule has 0 amide bonds. The van der Waals surface area contributed by atoms with E-state index >= 15 is 0 Å². The number of nitrogen functional groups attached to an aromatic ring is 2. The fourth-order valence-electron chi connectivity index (χ4n) is 1.38. The second-order valence-corrected chi connectivity index (χ2v) is 6.44. The van der Waals surface area contributed by atoms with Crippen molar-refractivity contribution in [2.45, 2.75) is 0 Å². The van der Waals surface area contributed by atoms with Crippen molar-refractivity contribution in [3.05, 3.63) is 45.3 Å². The van der Waals surface area contributed by atoms with E-state index in [2.05, 4.69) is 31.9 Å². The largest absolute Gasteiger partial charge is 0.418 e. The van der Waals surface area contributed by atoms with E-state index in [9.17, 15) is 4.57 Å². The molecule has 0 aliphatic carbocycles. The molecule has 8 heteroatoms. The smallest absolute Gasteiger partial charge is 0.418 e. The lowest BCUT2D eigenvalue weighted by molar-refractivity contribution is 0.416. The molecule has 2 aromatic carbocycles. The van der Waals surface area contributed by atoms with Crippen molar-refractivity contribution in [3.8, 4) is 11.5 Å². The second-order valence-electron chi connectivity index (χ2n) is 3.82. The number of halogens is 2. The number of hydrogen-bond acceptors (Lipinski definition) is 5. The van der Waals surface area contributed by atoms with Crippen LogP contribution >= 0.6 is 40.1 Å². The molecule has 0 aliphatic rings. The van der Waals surface area contributed by atoms with Gasteiger partial charge in [-0.25, -0.2) is 4.57 Å². The zero-order valence-corrected chi connectivity index (χ0v) is 14.3. The molecule has 106 valence electrons. The Hall–Kier alpha value is -1.17. The Balaban J connectivity index is 2.04. The summed E-state index contributed by atoms with van der Waals surface area (Å²) in [5.41, 5.74) is 12.4. The zero-order valence-electron chi connectivity index (χ0n) is 10.1. The molecule has 0 bridgehead atoms. The van der Waals surface area contributed by atoms with Gasteiger partial charge in [-0.15, -0.1) is 0 Å². The molecule has 0 unspecified atom stereocenters. The summed E-state index contributed by atoms with van der Waals surface area (Å²) in [5.74, 6) is 0.749. The van der Waals surface area contributed by atoms with Gasteiger partial charge in [0.2, 0.25) is 0 Å². The summed E-state index contributed by atoms with van der Waals surface area (Å²) in [4.78, 5) is 0. The molecule has 2 aromatic rings. The Bertz CT molecular complexity index is 612. The Morgan fingerprint density at radius 3 is 1.60 bits per heavy atom. The van der Waals surface area contributed by atoms with Crippen LogP contribution in [0, 0.1) is 0 Å². The number of anilines is 2.